The van der Waals surface area contributed by atoms with Crippen LogP contribution in [0.4, 0.5) is 5.95 Å². The topological polar surface area (TPSA) is 75.1 Å². The molecule has 0 aliphatic rings. The van der Waals surface area contributed by atoms with Crippen molar-refractivity contribution in [2.45, 2.75) is 6.42 Å². The number of carboxylic acids is 1. The average molecular weight is 322 g/mol. The number of carboxylic acid groups (broad SMARTS) is 1. The number of anilines is 1. The summed E-state index contributed by atoms with van der Waals surface area (Å²) in [6, 6.07) is 7.81. The molecule has 2 N–H and O–H groups in total. The maximum absolute atomic E-state index is 10.4. The van der Waals surface area contributed by atoms with Gasteiger partial charge in [0.1, 0.15) is 0 Å². The first kappa shape index (κ1) is 13.5. The fourth-order valence-corrected chi connectivity index (χ4v) is 2.05. The summed E-state index contributed by atoms with van der Waals surface area (Å²) < 4.78 is 0.977. The molecule has 0 spiro atoms. The molecule has 6 heteroatoms. The second-order valence-electron chi connectivity index (χ2n) is 3.85. The van der Waals surface area contributed by atoms with Crippen LogP contribution in [-0.4, -0.2) is 27.6 Å². The Morgan fingerprint density at radius 2 is 1.95 bits per heavy atom. The van der Waals surface area contributed by atoms with Gasteiger partial charge in [-0.1, -0.05) is 34.1 Å². The molecule has 0 unspecified atom stereocenters. The van der Waals surface area contributed by atoms with Gasteiger partial charge in [-0.15, -0.1) is 0 Å². The number of rotatable bonds is 5. The van der Waals surface area contributed by atoms with Crippen molar-refractivity contribution < 1.29 is 9.90 Å². The van der Waals surface area contributed by atoms with Gasteiger partial charge in [0.2, 0.25) is 5.95 Å². The molecular weight excluding hydrogens is 310 g/mol. The van der Waals surface area contributed by atoms with E-state index in [-0.39, 0.29) is 6.42 Å². The molecule has 0 saturated carbocycles. The van der Waals surface area contributed by atoms with Crippen LogP contribution < -0.4 is 5.32 Å². The summed E-state index contributed by atoms with van der Waals surface area (Å²) in [5, 5.41) is 11.4. The highest BCUT2D eigenvalue weighted by Gasteiger charge is 2.04. The van der Waals surface area contributed by atoms with Gasteiger partial charge in [0, 0.05) is 29.0 Å². The fourth-order valence-electron chi connectivity index (χ4n) is 1.53. The molecule has 2 aromatic rings. The smallest absolute Gasteiger partial charge is 0.305 e. The first-order chi connectivity index (χ1) is 9.16. The minimum absolute atomic E-state index is 0.0370. The number of aliphatic carboxylic acids is 1. The van der Waals surface area contributed by atoms with Crippen molar-refractivity contribution in [3.05, 3.63) is 41.1 Å². The lowest BCUT2D eigenvalue weighted by Gasteiger charge is -2.06. The van der Waals surface area contributed by atoms with Gasteiger partial charge >= 0.3 is 5.97 Å². The quantitative estimate of drug-likeness (QED) is 0.885. The van der Waals surface area contributed by atoms with Gasteiger partial charge in [-0.3, -0.25) is 4.79 Å². The van der Waals surface area contributed by atoms with E-state index in [4.69, 9.17) is 5.11 Å². The molecule has 0 radical (unpaired) electrons. The summed E-state index contributed by atoms with van der Waals surface area (Å²) in [4.78, 5) is 18.7. The lowest BCUT2D eigenvalue weighted by Crippen LogP contribution is -2.09. The Morgan fingerprint density at radius 1 is 1.26 bits per heavy atom. The predicted molar refractivity (Wildman–Crippen MR) is 75.9 cm³/mol. The Hall–Kier alpha value is -1.95. The van der Waals surface area contributed by atoms with Crippen molar-refractivity contribution in [1.82, 2.24) is 9.97 Å². The van der Waals surface area contributed by atoms with Crippen LogP contribution in [0.2, 0.25) is 0 Å². The van der Waals surface area contributed by atoms with Gasteiger partial charge < -0.3 is 10.4 Å². The Balaban J connectivity index is 2.06. The highest BCUT2D eigenvalue weighted by Crippen LogP contribution is 2.26. The normalized spacial score (nSPS) is 10.2. The highest BCUT2D eigenvalue weighted by atomic mass is 79.9. The number of nitrogens with zero attached hydrogens (tertiary/aromatic N) is 2. The SMILES string of the molecule is O=C(O)CCNc1ncc(-c2ccccc2Br)cn1. The summed E-state index contributed by atoms with van der Waals surface area (Å²) >= 11 is 3.47. The van der Waals surface area contributed by atoms with Gasteiger partial charge in [-0.25, -0.2) is 9.97 Å². The van der Waals surface area contributed by atoms with Gasteiger partial charge in [0.05, 0.1) is 6.42 Å². The molecule has 0 atom stereocenters. The first-order valence-electron chi connectivity index (χ1n) is 5.69. The van der Waals surface area contributed by atoms with Crippen molar-refractivity contribution in [3.8, 4) is 11.1 Å². The molecule has 19 heavy (non-hydrogen) atoms. The maximum Gasteiger partial charge on any atom is 0.305 e. The van der Waals surface area contributed by atoms with Gasteiger partial charge in [0.25, 0.3) is 0 Å². The van der Waals surface area contributed by atoms with Crippen molar-refractivity contribution in [2.75, 3.05) is 11.9 Å². The first-order valence-corrected chi connectivity index (χ1v) is 6.49. The zero-order valence-corrected chi connectivity index (χ0v) is 11.6. The molecule has 1 aromatic carbocycles. The number of nitrogens with one attached hydrogen (secondary N) is 1. The van der Waals surface area contributed by atoms with Gasteiger partial charge in [0.15, 0.2) is 0 Å². The van der Waals surface area contributed by atoms with E-state index in [2.05, 4.69) is 31.2 Å². The molecule has 98 valence electrons. The Bertz CT molecular complexity index is 572. The van der Waals surface area contributed by atoms with Gasteiger partial charge in [-0.2, -0.15) is 0 Å². The van der Waals surface area contributed by atoms with E-state index >= 15 is 0 Å². The van der Waals surface area contributed by atoms with Crippen LogP contribution in [0.1, 0.15) is 6.42 Å². The fraction of sp³-hybridized carbons (Fsp3) is 0.154. The van der Waals surface area contributed by atoms with Crippen molar-refractivity contribution >= 4 is 27.8 Å². The minimum atomic E-state index is -0.850. The number of hydrogen-bond acceptors (Lipinski definition) is 4. The molecule has 1 heterocycles. The molecule has 0 aliphatic carbocycles. The van der Waals surface area contributed by atoms with E-state index in [0.29, 0.717) is 12.5 Å². The lowest BCUT2D eigenvalue weighted by molar-refractivity contribution is -0.136. The van der Waals surface area contributed by atoms with Crippen LogP contribution in [0.15, 0.2) is 41.1 Å². The van der Waals surface area contributed by atoms with Crippen LogP contribution in [-0.2, 0) is 4.79 Å². The standard InChI is InChI=1S/C13H12BrN3O2/c14-11-4-2-1-3-10(11)9-7-16-13(17-8-9)15-6-5-12(18)19/h1-4,7-8H,5-6H2,(H,18,19)(H,15,16,17). The number of hydrogen-bond donors (Lipinski definition) is 2. The predicted octanol–water partition coefficient (Wildman–Crippen LogP) is 2.79. The zero-order valence-electron chi connectivity index (χ0n) is 10.0. The van der Waals surface area contributed by atoms with Crippen LogP contribution in [0.5, 0.6) is 0 Å². The number of aromatic nitrogens is 2. The Kier molecular flexibility index (Phi) is 4.46. The Morgan fingerprint density at radius 3 is 2.58 bits per heavy atom. The number of benzene rings is 1. The van der Waals surface area contributed by atoms with E-state index < -0.39 is 5.97 Å². The van der Waals surface area contributed by atoms with Crippen molar-refractivity contribution in [1.29, 1.82) is 0 Å². The van der Waals surface area contributed by atoms with Crippen LogP contribution >= 0.6 is 15.9 Å². The van der Waals surface area contributed by atoms with E-state index in [9.17, 15) is 4.79 Å². The molecule has 0 aliphatic heterocycles. The molecule has 1 aromatic heterocycles. The summed E-state index contributed by atoms with van der Waals surface area (Å²) in [5.41, 5.74) is 1.91. The summed E-state index contributed by atoms with van der Waals surface area (Å²) in [6.07, 6.45) is 3.45. The summed E-state index contributed by atoms with van der Waals surface area (Å²) in [7, 11) is 0. The third kappa shape index (κ3) is 3.75. The zero-order chi connectivity index (χ0) is 13.7. The van der Waals surface area contributed by atoms with Crippen LogP contribution in [0, 0.1) is 0 Å². The molecular formula is C13H12BrN3O2. The lowest BCUT2D eigenvalue weighted by atomic mass is 10.1. The van der Waals surface area contributed by atoms with E-state index in [1.54, 1.807) is 12.4 Å². The third-order valence-corrected chi connectivity index (χ3v) is 3.15. The number of carbonyl (C=O) groups is 1. The average Bonchev–Trinajstić information content (AvgIpc) is 2.40. The third-order valence-electron chi connectivity index (χ3n) is 2.46. The van der Waals surface area contributed by atoms with E-state index in [0.717, 1.165) is 15.6 Å². The molecule has 0 saturated heterocycles. The van der Waals surface area contributed by atoms with E-state index in [1.807, 2.05) is 24.3 Å². The maximum atomic E-state index is 10.4. The van der Waals surface area contributed by atoms with Gasteiger partial charge in [-0.05, 0) is 11.6 Å². The minimum Gasteiger partial charge on any atom is -0.481 e. The highest BCUT2D eigenvalue weighted by molar-refractivity contribution is 9.10. The summed E-state index contributed by atoms with van der Waals surface area (Å²) in [5.74, 6) is -0.422. The van der Waals surface area contributed by atoms with Crippen LogP contribution in [0.25, 0.3) is 11.1 Å². The van der Waals surface area contributed by atoms with Crippen molar-refractivity contribution in [2.24, 2.45) is 0 Å². The largest absolute Gasteiger partial charge is 0.481 e. The summed E-state index contributed by atoms with van der Waals surface area (Å²) in [6.45, 7) is 0.309. The Labute approximate surface area is 118 Å². The molecule has 0 bridgehead atoms. The van der Waals surface area contributed by atoms with E-state index in [1.165, 1.54) is 0 Å². The van der Waals surface area contributed by atoms with Crippen molar-refractivity contribution in [3.63, 3.8) is 0 Å². The second-order valence-corrected chi connectivity index (χ2v) is 4.70. The number of halogens is 1. The molecule has 0 amide bonds. The second kappa shape index (κ2) is 6.29. The monoisotopic (exact) mass is 321 g/mol. The molecule has 2 rings (SSSR count). The van der Waals surface area contributed by atoms with Crippen LogP contribution in [0.3, 0.4) is 0 Å². The molecule has 0 fully saturated rings. The molecule has 5 nitrogen and oxygen atoms in total.